The Kier molecular flexibility index (Phi) is 4.36. The third-order valence-electron chi connectivity index (χ3n) is 3.43. The lowest BCUT2D eigenvalue weighted by molar-refractivity contribution is -0.138. The molecule has 3 rings (SSSR count). The zero-order valence-electron chi connectivity index (χ0n) is 13.1. The molecule has 130 valence electrons. The minimum atomic E-state index is -4.51. The molecule has 0 saturated carbocycles. The van der Waals surface area contributed by atoms with Crippen molar-refractivity contribution in [3.05, 3.63) is 48.0 Å². The monoisotopic (exact) mass is 349 g/mol. The number of halogens is 3. The summed E-state index contributed by atoms with van der Waals surface area (Å²) in [7, 11) is 1.75. The van der Waals surface area contributed by atoms with E-state index in [0.29, 0.717) is 5.69 Å². The van der Waals surface area contributed by atoms with Gasteiger partial charge in [0.05, 0.1) is 17.4 Å². The Morgan fingerprint density at radius 3 is 2.68 bits per heavy atom. The molecule has 25 heavy (non-hydrogen) atoms. The maximum atomic E-state index is 13.2. The largest absolute Gasteiger partial charge is 0.416 e. The zero-order valence-corrected chi connectivity index (χ0v) is 13.1. The van der Waals surface area contributed by atoms with Crippen LogP contribution in [0.4, 0.5) is 24.8 Å². The van der Waals surface area contributed by atoms with Gasteiger partial charge in [0, 0.05) is 25.4 Å². The van der Waals surface area contributed by atoms with Gasteiger partial charge in [0.15, 0.2) is 5.82 Å². The summed E-state index contributed by atoms with van der Waals surface area (Å²) in [5.74, 6) is 0.324. The number of alkyl halides is 3. The summed E-state index contributed by atoms with van der Waals surface area (Å²) in [6, 6.07) is 3.82. The standard InChI is InChI=1S/C15H14F3N7/c1-25-7-11(6-22-25)23-14-21-8-20-13(24-14)9-2-3-10(5-19)12(4-9)15(16,17)18/h2-4,6-8H,5,19H2,1H3,(H,20,21,23,24). The predicted octanol–water partition coefficient (Wildman–Crippen LogP) is 2.49. The van der Waals surface area contributed by atoms with Crippen LogP contribution in [0.5, 0.6) is 0 Å². The highest BCUT2D eigenvalue weighted by Gasteiger charge is 2.33. The van der Waals surface area contributed by atoms with Crippen LogP contribution >= 0.6 is 0 Å². The van der Waals surface area contributed by atoms with Crippen LogP contribution < -0.4 is 11.1 Å². The van der Waals surface area contributed by atoms with Crippen molar-refractivity contribution in [1.82, 2.24) is 24.7 Å². The third-order valence-corrected chi connectivity index (χ3v) is 3.43. The van der Waals surface area contributed by atoms with Crippen LogP contribution in [0.3, 0.4) is 0 Å². The van der Waals surface area contributed by atoms with E-state index in [1.54, 1.807) is 24.1 Å². The molecule has 7 nitrogen and oxygen atoms in total. The number of nitrogens with one attached hydrogen (secondary N) is 1. The van der Waals surface area contributed by atoms with E-state index in [1.807, 2.05) is 0 Å². The fourth-order valence-corrected chi connectivity index (χ4v) is 2.27. The number of hydrogen-bond donors (Lipinski definition) is 2. The molecule has 3 aromatic rings. The quantitative estimate of drug-likeness (QED) is 0.751. The van der Waals surface area contributed by atoms with Gasteiger partial charge in [-0.2, -0.15) is 23.3 Å². The van der Waals surface area contributed by atoms with E-state index >= 15 is 0 Å². The summed E-state index contributed by atoms with van der Waals surface area (Å²) in [6.45, 7) is -0.208. The molecular weight excluding hydrogens is 335 g/mol. The molecule has 0 spiro atoms. The van der Waals surface area contributed by atoms with Crippen molar-refractivity contribution in [2.24, 2.45) is 12.8 Å². The molecule has 0 aliphatic rings. The van der Waals surface area contributed by atoms with Gasteiger partial charge in [-0.3, -0.25) is 4.68 Å². The Bertz CT molecular complexity index is 889. The number of nitrogens with zero attached hydrogens (tertiary/aromatic N) is 5. The normalized spacial score (nSPS) is 11.6. The molecule has 1 aromatic carbocycles. The minimum absolute atomic E-state index is 0.0130. The van der Waals surface area contributed by atoms with Crippen molar-refractivity contribution in [2.45, 2.75) is 12.7 Å². The van der Waals surface area contributed by atoms with E-state index in [-0.39, 0.29) is 29.4 Å². The van der Waals surface area contributed by atoms with E-state index in [9.17, 15) is 13.2 Å². The predicted molar refractivity (Wildman–Crippen MR) is 84.6 cm³/mol. The smallest absolute Gasteiger partial charge is 0.326 e. The lowest BCUT2D eigenvalue weighted by Crippen LogP contribution is -2.12. The molecule has 0 aliphatic carbocycles. The minimum Gasteiger partial charge on any atom is -0.326 e. The molecule has 3 N–H and O–H groups in total. The summed E-state index contributed by atoms with van der Waals surface area (Å²) in [6.07, 6.45) is 0.00218. The molecular formula is C15H14F3N7. The summed E-state index contributed by atoms with van der Waals surface area (Å²) in [5, 5.41) is 6.91. The van der Waals surface area contributed by atoms with Crippen molar-refractivity contribution >= 4 is 11.6 Å². The number of hydrogen-bond acceptors (Lipinski definition) is 6. The van der Waals surface area contributed by atoms with Crippen molar-refractivity contribution in [1.29, 1.82) is 0 Å². The van der Waals surface area contributed by atoms with Crippen molar-refractivity contribution in [2.75, 3.05) is 5.32 Å². The molecule has 2 heterocycles. The lowest BCUT2D eigenvalue weighted by Gasteiger charge is -2.13. The van der Waals surface area contributed by atoms with Gasteiger partial charge in [0.25, 0.3) is 0 Å². The number of nitrogens with two attached hydrogens (primary N) is 1. The summed E-state index contributed by atoms with van der Waals surface area (Å²) in [5.41, 5.74) is 5.48. The van der Waals surface area contributed by atoms with E-state index < -0.39 is 11.7 Å². The second-order valence-electron chi connectivity index (χ2n) is 5.23. The van der Waals surface area contributed by atoms with Gasteiger partial charge in [0.2, 0.25) is 5.95 Å². The van der Waals surface area contributed by atoms with Crippen molar-refractivity contribution < 1.29 is 13.2 Å². The van der Waals surface area contributed by atoms with Crippen LogP contribution in [0.15, 0.2) is 36.9 Å². The zero-order chi connectivity index (χ0) is 18.0. The van der Waals surface area contributed by atoms with Gasteiger partial charge in [-0.15, -0.1) is 0 Å². The first-order chi connectivity index (χ1) is 11.9. The SMILES string of the molecule is Cn1cc(Nc2ncnc(-c3ccc(CN)c(C(F)(F)F)c3)n2)cn1. The Morgan fingerprint density at radius 1 is 1.24 bits per heavy atom. The van der Waals surface area contributed by atoms with Gasteiger partial charge in [-0.05, 0) is 11.6 Å². The summed E-state index contributed by atoms with van der Waals surface area (Å²) >= 11 is 0. The van der Waals surface area contributed by atoms with Crippen LogP contribution in [-0.2, 0) is 19.8 Å². The molecule has 0 aliphatic heterocycles. The fraction of sp³-hybridized carbons (Fsp3) is 0.200. The van der Waals surface area contributed by atoms with Crippen LogP contribution in [-0.4, -0.2) is 24.7 Å². The van der Waals surface area contributed by atoms with E-state index in [2.05, 4.69) is 25.4 Å². The Balaban J connectivity index is 1.95. The molecule has 0 fully saturated rings. The summed E-state index contributed by atoms with van der Waals surface area (Å²) < 4.78 is 41.1. The van der Waals surface area contributed by atoms with E-state index in [4.69, 9.17) is 5.73 Å². The number of rotatable bonds is 4. The van der Waals surface area contributed by atoms with E-state index in [0.717, 1.165) is 6.07 Å². The Labute approximate surface area is 140 Å². The topological polar surface area (TPSA) is 94.5 Å². The van der Waals surface area contributed by atoms with Gasteiger partial charge < -0.3 is 11.1 Å². The molecule has 0 saturated heterocycles. The van der Waals surface area contributed by atoms with Crippen molar-refractivity contribution in [3.63, 3.8) is 0 Å². The maximum absolute atomic E-state index is 13.2. The first kappa shape index (κ1) is 16.8. The molecule has 0 unspecified atom stereocenters. The Morgan fingerprint density at radius 2 is 2.04 bits per heavy atom. The highest BCUT2D eigenvalue weighted by Crippen LogP contribution is 2.34. The van der Waals surface area contributed by atoms with Gasteiger partial charge in [0.1, 0.15) is 6.33 Å². The molecule has 0 amide bonds. The first-order valence-corrected chi connectivity index (χ1v) is 7.22. The van der Waals surface area contributed by atoms with Crippen LogP contribution in [0.2, 0.25) is 0 Å². The number of anilines is 2. The van der Waals surface area contributed by atoms with Crippen molar-refractivity contribution in [3.8, 4) is 11.4 Å². The second kappa shape index (κ2) is 6.48. The molecule has 0 radical (unpaired) electrons. The first-order valence-electron chi connectivity index (χ1n) is 7.22. The average Bonchev–Trinajstić information content (AvgIpc) is 2.98. The van der Waals surface area contributed by atoms with Gasteiger partial charge >= 0.3 is 6.18 Å². The lowest BCUT2D eigenvalue weighted by atomic mass is 10.0. The molecule has 2 aromatic heterocycles. The fourth-order valence-electron chi connectivity index (χ4n) is 2.27. The summed E-state index contributed by atoms with van der Waals surface area (Å²) in [4.78, 5) is 12.1. The molecule has 10 heteroatoms. The molecule has 0 bridgehead atoms. The van der Waals surface area contributed by atoms with Gasteiger partial charge in [-0.25, -0.2) is 9.97 Å². The second-order valence-corrected chi connectivity index (χ2v) is 5.23. The van der Waals surface area contributed by atoms with Crippen LogP contribution in [0.25, 0.3) is 11.4 Å². The van der Waals surface area contributed by atoms with E-state index in [1.165, 1.54) is 18.5 Å². The maximum Gasteiger partial charge on any atom is 0.416 e. The number of aromatic nitrogens is 5. The highest BCUT2D eigenvalue weighted by molar-refractivity contribution is 5.60. The van der Waals surface area contributed by atoms with Crippen LogP contribution in [0.1, 0.15) is 11.1 Å². The highest BCUT2D eigenvalue weighted by atomic mass is 19.4. The Hall–Kier alpha value is -3.01. The average molecular weight is 349 g/mol. The van der Waals surface area contributed by atoms with Gasteiger partial charge in [-0.1, -0.05) is 12.1 Å². The van der Waals surface area contributed by atoms with Crippen LogP contribution in [0, 0.1) is 0 Å². The number of aryl methyl sites for hydroxylation is 1. The third kappa shape index (κ3) is 3.74. The number of benzene rings is 1. The molecule has 0 atom stereocenters.